The minimum atomic E-state index is -0.550. The summed E-state index contributed by atoms with van der Waals surface area (Å²) in [6, 6.07) is 3.19. The molecule has 1 aliphatic rings. The van der Waals surface area contributed by atoms with Gasteiger partial charge in [-0.15, -0.1) is 0 Å². The Morgan fingerprint density at radius 3 is 2.55 bits per heavy atom. The number of hydrogen-bond donors (Lipinski definition) is 2. The van der Waals surface area contributed by atoms with Crippen molar-refractivity contribution in [2.24, 2.45) is 5.41 Å². The third-order valence-corrected chi connectivity index (χ3v) is 3.92. The van der Waals surface area contributed by atoms with Crippen LogP contribution in [0.2, 0.25) is 0 Å². The number of rotatable bonds is 4. The molecule has 0 unspecified atom stereocenters. The second kappa shape index (κ2) is 6.16. The second-order valence-electron chi connectivity index (χ2n) is 6.00. The van der Waals surface area contributed by atoms with Gasteiger partial charge in [0.1, 0.15) is 11.6 Å². The van der Waals surface area contributed by atoms with E-state index in [2.05, 4.69) is 10.2 Å². The molecule has 0 aliphatic carbocycles. The summed E-state index contributed by atoms with van der Waals surface area (Å²) >= 11 is 0. The summed E-state index contributed by atoms with van der Waals surface area (Å²) in [5, 5.41) is 12.9. The van der Waals surface area contributed by atoms with Crippen molar-refractivity contribution in [3.05, 3.63) is 35.4 Å². The highest BCUT2D eigenvalue weighted by Crippen LogP contribution is 2.39. The molecule has 0 spiro atoms. The highest BCUT2D eigenvalue weighted by Gasteiger charge is 2.37. The summed E-state index contributed by atoms with van der Waals surface area (Å²) < 4.78 is 27.7. The van der Waals surface area contributed by atoms with Crippen LogP contribution in [0.15, 0.2) is 18.2 Å². The van der Waals surface area contributed by atoms with Gasteiger partial charge in [0.25, 0.3) is 0 Å². The molecule has 112 valence electrons. The molecule has 0 aromatic heterocycles. The first-order valence-electron chi connectivity index (χ1n) is 6.96. The molecule has 0 bridgehead atoms. The van der Waals surface area contributed by atoms with Crippen molar-refractivity contribution in [3.63, 3.8) is 0 Å². The van der Waals surface area contributed by atoms with Crippen LogP contribution >= 0.6 is 0 Å². The Hall–Kier alpha value is -1.04. The Morgan fingerprint density at radius 1 is 1.30 bits per heavy atom. The molecule has 1 fully saturated rings. The van der Waals surface area contributed by atoms with Crippen molar-refractivity contribution in [1.29, 1.82) is 0 Å². The van der Waals surface area contributed by atoms with Crippen LogP contribution in [0, 0.1) is 17.0 Å². The molecular formula is C15H22F2N2O. The van der Waals surface area contributed by atoms with E-state index in [-0.39, 0.29) is 12.6 Å². The van der Waals surface area contributed by atoms with Crippen LogP contribution in [0.3, 0.4) is 0 Å². The second-order valence-corrected chi connectivity index (χ2v) is 6.00. The fourth-order valence-corrected chi connectivity index (χ4v) is 2.86. The Bertz CT molecular complexity index is 459. The first kappa shape index (κ1) is 15.4. The van der Waals surface area contributed by atoms with Gasteiger partial charge in [-0.1, -0.05) is 13.8 Å². The van der Waals surface area contributed by atoms with E-state index in [1.54, 1.807) is 0 Å². The molecule has 0 radical (unpaired) electrons. The van der Waals surface area contributed by atoms with Crippen LogP contribution in [0.5, 0.6) is 0 Å². The molecule has 0 saturated carbocycles. The van der Waals surface area contributed by atoms with Crippen LogP contribution in [0.1, 0.15) is 25.5 Å². The van der Waals surface area contributed by atoms with E-state index in [1.807, 2.05) is 13.8 Å². The van der Waals surface area contributed by atoms with E-state index in [9.17, 15) is 13.9 Å². The minimum absolute atomic E-state index is 0.0858. The normalized spacial score (nSPS) is 19.1. The van der Waals surface area contributed by atoms with Crippen LogP contribution in [-0.4, -0.2) is 42.8 Å². The molecule has 3 nitrogen and oxygen atoms in total. The lowest BCUT2D eigenvalue weighted by molar-refractivity contribution is 0.0285. The van der Waals surface area contributed by atoms with Crippen molar-refractivity contribution in [1.82, 2.24) is 10.2 Å². The summed E-state index contributed by atoms with van der Waals surface area (Å²) in [6.07, 6.45) is 0. The standard InChI is InChI=1S/C15H22F2N2O/c1-15(2,10-20)14(19-7-5-18-6-8-19)12-9-11(16)3-4-13(12)17/h3-4,9,14,18,20H,5-8,10H2,1-2H3/t14-/m0/s1. The number of aliphatic hydroxyl groups excluding tert-OH is 1. The van der Waals surface area contributed by atoms with Crippen LogP contribution < -0.4 is 5.32 Å². The van der Waals surface area contributed by atoms with Crippen LogP contribution in [0.25, 0.3) is 0 Å². The van der Waals surface area contributed by atoms with Gasteiger partial charge in [-0.2, -0.15) is 0 Å². The fraction of sp³-hybridized carbons (Fsp3) is 0.600. The monoisotopic (exact) mass is 284 g/mol. The predicted octanol–water partition coefficient (Wildman–Crippen LogP) is 1.93. The van der Waals surface area contributed by atoms with E-state index < -0.39 is 17.0 Å². The van der Waals surface area contributed by atoms with Gasteiger partial charge in [0.15, 0.2) is 0 Å². The molecular weight excluding hydrogens is 262 g/mol. The summed E-state index contributed by atoms with van der Waals surface area (Å²) in [7, 11) is 0. The Morgan fingerprint density at radius 2 is 1.95 bits per heavy atom. The number of nitrogens with zero attached hydrogens (tertiary/aromatic N) is 1. The first-order chi connectivity index (χ1) is 9.45. The maximum absolute atomic E-state index is 14.2. The molecule has 2 N–H and O–H groups in total. The van der Waals surface area contributed by atoms with Crippen molar-refractivity contribution < 1.29 is 13.9 Å². The highest BCUT2D eigenvalue weighted by atomic mass is 19.1. The van der Waals surface area contributed by atoms with Crippen LogP contribution in [-0.2, 0) is 0 Å². The Labute approximate surface area is 118 Å². The molecule has 1 atom stereocenters. The van der Waals surface area contributed by atoms with Crippen molar-refractivity contribution in [2.45, 2.75) is 19.9 Å². The third-order valence-electron chi connectivity index (χ3n) is 3.92. The van der Waals surface area contributed by atoms with Gasteiger partial charge in [0.2, 0.25) is 0 Å². The number of aliphatic hydroxyl groups is 1. The molecule has 1 heterocycles. The summed E-state index contributed by atoms with van der Waals surface area (Å²) in [4.78, 5) is 2.12. The summed E-state index contributed by atoms with van der Waals surface area (Å²) in [5.74, 6) is -0.869. The number of benzene rings is 1. The lowest BCUT2D eigenvalue weighted by atomic mass is 9.79. The fourth-order valence-electron chi connectivity index (χ4n) is 2.86. The van der Waals surface area contributed by atoms with Gasteiger partial charge in [-0.25, -0.2) is 8.78 Å². The lowest BCUT2D eigenvalue weighted by Gasteiger charge is -2.43. The summed E-state index contributed by atoms with van der Waals surface area (Å²) in [6.45, 7) is 6.81. The number of halogens is 2. The topological polar surface area (TPSA) is 35.5 Å². The molecule has 1 aromatic rings. The van der Waals surface area contributed by atoms with E-state index in [1.165, 1.54) is 6.07 Å². The van der Waals surface area contributed by atoms with Gasteiger partial charge < -0.3 is 10.4 Å². The SMILES string of the molecule is CC(C)(CO)[C@H](c1cc(F)ccc1F)N1CCNCC1. The first-order valence-corrected chi connectivity index (χ1v) is 6.96. The zero-order chi connectivity index (χ0) is 14.8. The van der Waals surface area contributed by atoms with Gasteiger partial charge in [-0.05, 0) is 18.2 Å². The molecule has 1 aromatic carbocycles. The molecule has 1 saturated heterocycles. The average molecular weight is 284 g/mol. The lowest BCUT2D eigenvalue weighted by Crippen LogP contribution is -2.49. The van der Waals surface area contributed by atoms with Gasteiger partial charge in [-0.3, -0.25) is 4.90 Å². The zero-order valence-electron chi connectivity index (χ0n) is 12.0. The predicted molar refractivity (Wildman–Crippen MR) is 74.4 cm³/mol. The highest BCUT2D eigenvalue weighted by molar-refractivity contribution is 5.24. The summed E-state index contributed by atoms with van der Waals surface area (Å²) in [5.41, 5.74) is -0.225. The maximum atomic E-state index is 14.2. The van der Waals surface area contributed by atoms with E-state index >= 15 is 0 Å². The van der Waals surface area contributed by atoms with Gasteiger partial charge >= 0.3 is 0 Å². The average Bonchev–Trinajstić information content (AvgIpc) is 2.44. The zero-order valence-corrected chi connectivity index (χ0v) is 12.0. The Balaban J connectivity index is 2.42. The van der Waals surface area contributed by atoms with Gasteiger partial charge in [0, 0.05) is 49.8 Å². The third kappa shape index (κ3) is 3.16. The number of hydrogen-bond acceptors (Lipinski definition) is 3. The number of piperazine rings is 1. The van der Waals surface area contributed by atoms with Crippen LogP contribution in [0.4, 0.5) is 8.78 Å². The quantitative estimate of drug-likeness (QED) is 0.887. The number of nitrogens with one attached hydrogen (secondary N) is 1. The molecule has 1 aliphatic heterocycles. The maximum Gasteiger partial charge on any atom is 0.128 e. The molecule has 5 heteroatoms. The van der Waals surface area contributed by atoms with E-state index in [0.29, 0.717) is 5.56 Å². The molecule has 0 amide bonds. The van der Waals surface area contributed by atoms with Crippen molar-refractivity contribution in [2.75, 3.05) is 32.8 Å². The molecule has 2 rings (SSSR count). The van der Waals surface area contributed by atoms with E-state index in [4.69, 9.17) is 0 Å². The van der Waals surface area contributed by atoms with Gasteiger partial charge in [0.05, 0.1) is 0 Å². The van der Waals surface area contributed by atoms with E-state index in [0.717, 1.165) is 38.3 Å². The van der Waals surface area contributed by atoms with Crippen molar-refractivity contribution in [3.8, 4) is 0 Å². The minimum Gasteiger partial charge on any atom is -0.396 e. The molecule has 20 heavy (non-hydrogen) atoms. The Kier molecular flexibility index (Phi) is 4.73. The largest absolute Gasteiger partial charge is 0.396 e. The smallest absolute Gasteiger partial charge is 0.128 e. The van der Waals surface area contributed by atoms with Crippen molar-refractivity contribution >= 4 is 0 Å².